The number of benzene rings is 1. The number of nitrogens with zero attached hydrogens (tertiary/aromatic N) is 3. The second kappa shape index (κ2) is 8.46. The third-order valence-corrected chi connectivity index (χ3v) is 4.22. The maximum absolute atomic E-state index is 12.2. The summed E-state index contributed by atoms with van der Waals surface area (Å²) < 4.78 is 16.4. The van der Waals surface area contributed by atoms with Crippen LogP contribution < -0.4 is 20.7 Å². The minimum atomic E-state index is -0.751. The van der Waals surface area contributed by atoms with E-state index in [0.29, 0.717) is 23.7 Å². The van der Waals surface area contributed by atoms with Crippen molar-refractivity contribution in [3.63, 3.8) is 0 Å². The number of aromatic nitrogens is 3. The van der Waals surface area contributed by atoms with Crippen LogP contribution in [0.2, 0.25) is 0 Å². The highest BCUT2D eigenvalue weighted by atomic mass is 16.5. The van der Waals surface area contributed by atoms with Crippen molar-refractivity contribution in [2.45, 2.75) is 19.9 Å². The molecule has 0 saturated carbocycles. The van der Waals surface area contributed by atoms with E-state index in [9.17, 15) is 14.7 Å². The number of hydrogen-bond acceptors (Lipinski definition) is 8. The standard InChI is InChI=1S/C19H20N4O6/c1-11-8-16(22-29-11)20-10-13-17(24)21-19(26)23(18(13)25)7-6-12-4-5-14(27-2)15(9-12)28-3/h4-5,8-10,25H,6-7H2,1-3H3,(H,21,24,26). The number of rotatable bonds is 7. The van der Waals surface area contributed by atoms with Crippen LogP contribution in [0.5, 0.6) is 17.4 Å². The molecule has 0 aliphatic rings. The fourth-order valence-electron chi connectivity index (χ4n) is 2.72. The van der Waals surface area contributed by atoms with Crippen LogP contribution in [0.15, 0.2) is 43.4 Å². The topological polar surface area (TPSA) is 132 Å². The normalized spacial score (nSPS) is 11.1. The average Bonchev–Trinajstić information content (AvgIpc) is 3.12. The van der Waals surface area contributed by atoms with Gasteiger partial charge in [-0.1, -0.05) is 11.2 Å². The van der Waals surface area contributed by atoms with Crippen molar-refractivity contribution >= 4 is 12.0 Å². The Morgan fingerprint density at radius 1 is 1.24 bits per heavy atom. The molecule has 0 aliphatic carbocycles. The van der Waals surface area contributed by atoms with Gasteiger partial charge in [0.1, 0.15) is 11.3 Å². The molecule has 3 rings (SSSR count). The fraction of sp³-hybridized carbons (Fsp3) is 0.263. The first-order chi connectivity index (χ1) is 13.9. The van der Waals surface area contributed by atoms with E-state index >= 15 is 0 Å². The molecule has 10 heteroatoms. The summed E-state index contributed by atoms with van der Waals surface area (Å²) in [5, 5.41) is 14.1. The predicted molar refractivity (Wildman–Crippen MR) is 105 cm³/mol. The summed E-state index contributed by atoms with van der Waals surface area (Å²) in [5.74, 6) is 1.45. The number of nitrogens with one attached hydrogen (secondary N) is 1. The Bertz CT molecular complexity index is 1160. The van der Waals surface area contributed by atoms with E-state index in [-0.39, 0.29) is 17.9 Å². The molecule has 2 N–H and O–H groups in total. The molecule has 2 heterocycles. The van der Waals surface area contributed by atoms with Gasteiger partial charge < -0.3 is 19.1 Å². The molecule has 0 aliphatic heterocycles. The first-order valence-corrected chi connectivity index (χ1v) is 8.67. The smallest absolute Gasteiger partial charge is 0.331 e. The molecule has 0 bridgehead atoms. The van der Waals surface area contributed by atoms with Crippen LogP contribution in [0.25, 0.3) is 0 Å². The molecule has 0 unspecified atom stereocenters. The van der Waals surface area contributed by atoms with E-state index in [4.69, 9.17) is 14.0 Å². The maximum Gasteiger partial charge on any atom is 0.331 e. The SMILES string of the molecule is COc1ccc(CCn2c(O)c(C=Nc3cc(C)on3)c(=O)[nH]c2=O)cc1OC. The lowest BCUT2D eigenvalue weighted by Crippen LogP contribution is -2.32. The lowest BCUT2D eigenvalue weighted by atomic mass is 10.1. The molecule has 3 aromatic rings. The van der Waals surface area contributed by atoms with E-state index in [1.807, 2.05) is 6.07 Å². The van der Waals surface area contributed by atoms with Crippen molar-refractivity contribution < 1.29 is 19.1 Å². The first kappa shape index (κ1) is 19.9. The minimum Gasteiger partial charge on any atom is -0.494 e. The van der Waals surface area contributed by atoms with Gasteiger partial charge in [-0.2, -0.15) is 0 Å². The van der Waals surface area contributed by atoms with Crippen LogP contribution in [-0.4, -0.2) is 40.2 Å². The maximum atomic E-state index is 12.2. The zero-order valence-electron chi connectivity index (χ0n) is 16.1. The molecule has 152 valence electrons. The van der Waals surface area contributed by atoms with Crippen LogP contribution in [0.4, 0.5) is 5.82 Å². The first-order valence-electron chi connectivity index (χ1n) is 8.67. The van der Waals surface area contributed by atoms with Crippen LogP contribution in [0.1, 0.15) is 16.9 Å². The van der Waals surface area contributed by atoms with Crippen molar-refractivity contribution in [1.82, 2.24) is 14.7 Å². The van der Waals surface area contributed by atoms with Gasteiger partial charge in [-0.15, -0.1) is 0 Å². The quantitative estimate of drug-likeness (QED) is 0.575. The molecule has 29 heavy (non-hydrogen) atoms. The Hall–Kier alpha value is -3.82. The summed E-state index contributed by atoms with van der Waals surface area (Å²) in [4.78, 5) is 30.4. The van der Waals surface area contributed by atoms with Gasteiger partial charge in [0.05, 0.1) is 14.2 Å². The highest BCUT2D eigenvalue weighted by Crippen LogP contribution is 2.28. The monoisotopic (exact) mass is 400 g/mol. The lowest BCUT2D eigenvalue weighted by molar-refractivity contribution is 0.354. The van der Waals surface area contributed by atoms with Crippen molar-refractivity contribution in [3.8, 4) is 17.4 Å². The third-order valence-electron chi connectivity index (χ3n) is 4.22. The number of aliphatic imine (C=N–C) groups is 1. The van der Waals surface area contributed by atoms with Crippen molar-refractivity contribution in [2.24, 2.45) is 4.99 Å². The molecule has 0 radical (unpaired) electrons. The highest BCUT2D eigenvalue weighted by Gasteiger charge is 2.13. The molecule has 0 atom stereocenters. The molecular formula is C19H20N4O6. The Labute approximate surface area is 165 Å². The second-order valence-electron chi connectivity index (χ2n) is 6.14. The molecule has 0 fully saturated rings. The van der Waals surface area contributed by atoms with Gasteiger partial charge in [0.2, 0.25) is 5.88 Å². The molecule has 0 spiro atoms. The van der Waals surface area contributed by atoms with E-state index < -0.39 is 17.1 Å². The Morgan fingerprint density at radius 3 is 2.66 bits per heavy atom. The summed E-state index contributed by atoms with van der Waals surface area (Å²) in [6.45, 7) is 1.82. The van der Waals surface area contributed by atoms with Crippen LogP contribution in [0, 0.1) is 6.92 Å². The summed E-state index contributed by atoms with van der Waals surface area (Å²) in [5.41, 5.74) is -0.771. The van der Waals surface area contributed by atoms with Gasteiger partial charge in [0.25, 0.3) is 5.56 Å². The van der Waals surface area contributed by atoms with Gasteiger partial charge in [0.15, 0.2) is 17.3 Å². The van der Waals surface area contributed by atoms with E-state index in [1.165, 1.54) is 7.11 Å². The lowest BCUT2D eigenvalue weighted by Gasteiger charge is -2.12. The third kappa shape index (κ3) is 4.37. The fourth-order valence-corrected chi connectivity index (χ4v) is 2.72. The highest BCUT2D eigenvalue weighted by molar-refractivity contribution is 5.83. The number of H-pyrrole nitrogens is 1. The van der Waals surface area contributed by atoms with Crippen molar-refractivity contribution in [1.29, 1.82) is 0 Å². The van der Waals surface area contributed by atoms with Crippen LogP contribution in [0.3, 0.4) is 0 Å². The van der Waals surface area contributed by atoms with Crippen LogP contribution in [-0.2, 0) is 13.0 Å². The van der Waals surface area contributed by atoms with Gasteiger partial charge >= 0.3 is 5.69 Å². The molecule has 1 aromatic carbocycles. The van der Waals surface area contributed by atoms with Gasteiger partial charge in [-0.25, -0.2) is 9.79 Å². The van der Waals surface area contributed by atoms with E-state index in [0.717, 1.165) is 16.3 Å². The Balaban J connectivity index is 1.87. The zero-order valence-corrected chi connectivity index (χ0v) is 16.1. The van der Waals surface area contributed by atoms with Crippen molar-refractivity contribution in [3.05, 3.63) is 62.0 Å². The Kier molecular flexibility index (Phi) is 5.82. The number of ether oxygens (including phenoxy) is 2. The van der Waals surface area contributed by atoms with Crippen LogP contribution >= 0.6 is 0 Å². The summed E-state index contributed by atoms with van der Waals surface area (Å²) in [6, 6.07) is 6.92. The molecule has 10 nitrogen and oxygen atoms in total. The summed E-state index contributed by atoms with van der Waals surface area (Å²) >= 11 is 0. The number of aromatic amines is 1. The predicted octanol–water partition coefficient (Wildman–Crippen LogP) is 1.55. The van der Waals surface area contributed by atoms with E-state index in [1.54, 1.807) is 32.2 Å². The summed E-state index contributed by atoms with van der Waals surface area (Å²) in [7, 11) is 3.07. The minimum absolute atomic E-state index is 0.126. The second-order valence-corrected chi connectivity index (χ2v) is 6.14. The largest absolute Gasteiger partial charge is 0.494 e. The number of aryl methyl sites for hydroxylation is 2. The molecular weight excluding hydrogens is 380 g/mol. The molecule has 0 saturated heterocycles. The van der Waals surface area contributed by atoms with Crippen molar-refractivity contribution in [2.75, 3.05) is 14.2 Å². The molecule has 2 aromatic heterocycles. The Morgan fingerprint density at radius 2 is 2.00 bits per heavy atom. The zero-order chi connectivity index (χ0) is 21.0. The number of aromatic hydroxyl groups is 1. The molecule has 0 amide bonds. The number of hydrogen-bond donors (Lipinski definition) is 2. The number of methoxy groups -OCH3 is 2. The van der Waals surface area contributed by atoms with Gasteiger partial charge in [-0.05, 0) is 31.0 Å². The average molecular weight is 400 g/mol. The van der Waals surface area contributed by atoms with Gasteiger partial charge in [0, 0.05) is 18.8 Å². The van der Waals surface area contributed by atoms with E-state index in [2.05, 4.69) is 15.1 Å². The van der Waals surface area contributed by atoms with Gasteiger partial charge in [-0.3, -0.25) is 14.3 Å². The summed E-state index contributed by atoms with van der Waals surface area (Å²) in [6.07, 6.45) is 1.54.